The van der Waals surface area contributed by atoms with Crippen molar-refractivity contribution in [3.05, 3.63) is 42.0 Å². The average Bonchev–Trinajstić information content (AvgIpc) is 3.05. The monoisotopic (exact) mass is 337 g/mol. The third-order valence-electron chi connectivity index (χ3n) is 2.81. The molecule has 0 saturated carbocycles. The van der Waals surface area contributed by atoms with Crippen molar-refractivity contribution < 1.29 is 14.0 Å². The van der Waals surface area contributed by atoms with E-state index in [1.807, 2.05) is 0 Å². The van der Waals surface area contributed by atoms with Crippen LogP contribution in [0.3, 0.4) is 0 Å². The predicted octanol–water partition coefficient (Wildman–Crippen LogP) is 0.972. The van der Waals surface area contributed by atoms with E-state index in [-0.39, 0.29) is 24.4 Å². The minimum absolute atomic E-state index is 0.0311. The number of rotatable bonds is 8. The van der Waals surface area contributed by atoms with Crippen molar-refractivity contribution >= 4 is 23.6 Å². The van der Waals surface area contributed by atoms with Crippen LogP contribution >= 0.6 is 11.8 Å². The fourth-order valence-corrected chi connectivity index (χ4v) is 2.36. The molecule has 2 aromatic rings. The zero-order valence-electron chi connectivity index (χ0n) is 12.2. The number of H-pyrrole nitrogens is 1. The summed E-state index contributed by atoms with van der Waals surface area (Å²) < 4.78 is 13.4. The molecule has 9 heteroatoms. The van der Waals surface area contributed by atoms with Gasteiger partial charge < -0.3 is 10.6 Å². The number of hydrogen-bond donors (Lipinski definition) is 3. The van der Waals surface area contributed by atoms with Gasteiger partial charge in [0.15, 0.2) is 5.16 Å². The standard InChI is InChI=1S/C14H16FN5O2S/c15-11-4-2-1-3-10(11)13(22)17-6-5-12(21)16-7-8-23-14-18-9-19-20-14/h1-4,9H,5-8H2,(H,16,21)(H,17,22)(H,18,19,20). The second kappa shape index (κ2) is 8.89. The molecule has 2 amide bonds. The first-order chi connectivity index (χ1) is 11.2. The molecule has 0 fully saturated rings. The number of thioether (sulfide) groups is 1. The molecule has 1 aromatic carbocycles. The Bertz CT molecular complexity index is 650. The smallest absolute Gasteiger partial charge is 0.254 e. The van der Waals surface area contributed by atoms with E-state index in [1.54, 1.807) is 6.07 Å². The van der Waals surface area contributed by atoms with Crippen molar-refractivity contribution in [2.45, 2.75) is 11.6 Å². The Kier molecular flexibility index (Phi) is 6.55. The maximum atomic E-state index is 13.4. The molecule has 0 atom stereocenters. The predicted molar refractivity (Wildman–Crippen MR) is 83.5 cm³/mol. The molecule has 0 spiro atoms. The number of benzene rings is 1. The Hall–Kier alpha value is -2.42. The zero-order valence-corrected chi connectivity index (χ0v) is 13.0. The van der Waals surface area contributed by atoms with E-state index in [0.29, 0.717) is 17.5 Å². The first-order valence-corrected chi connectivity index (χ1v) is 7.93. The number of nitrogens with one attached hydrogen (secondary N) is 3. The number of hydrogen-bond acceptors (Lipinski definition) is 5. The van der Waals surface area contributed by atoms with Crippen LogP contribution in [0.15, 0.2) is 35.7 Å². The zero-order chi connectivity index (χ0) is 16.5. The van der Waals surface area contributed by atoms with Gasteiger partial charge in [0.2, 0.25) is 5.91 Å². The number of amides is 2. The lowest BCUT2D eigenvalue weighted by Crippen LogP contribution is -2.32. The van der Waals surface area contributed by atoms with Crippen molar-refractivity contribution in [2.75, 3.05) is 18.8 Å². The number of aromatic nitrogens is 3. The molecule has 23 heavy (non-hydrogen) atoms. The summed E-state index contributed by atoms with van der Waals surface area (Å²) in [4.78, 5) is 27.3. The summed E-state index contributed by atoms with van der Waals surface area (Å²) in [5.41, 5.74) is -0.0311. The van der Waals surface area contributed by atoms with Gasteiger partial charge in [-0.05, 0) is 12.1 Å². The number of carbonyl (C=O) groups is 2. The lowest BCUT2D eigenvalue weighted by Gasteiger charge is -2.07. The molecule has 1 heterocycles. The Balaban J connectivity index is 1.59. The summed E-state index contributed by atoms with van der Waals surface area (Å²) in [6, 6.07) is 5.70. The Labute approximate surface area is 136 Å². The molecule has 3 N–H and O–H groups in total. The maximum Gasteiger partial charge on any atom is 0.254 e. The minimum atomic E-state index is -0.584. The van der Waals surface area contributed by atoms with Gasteiger partial charge in [-0.15, -0.1) is 0 Å². The summed E-state index contributed by atoms with van der Waals surface area (Å²) in [7, 11) is 0. The molecule has 0 bridgehead atoms. The summed E-state index contributed by atoms with van der Waals surface area (Å²) in [6.45, 7) is 0.625. The molecular formula is C14H16FN5O2S. The van der Waals surface area contributed by atoms with Crippen LogP contribution in [-0.4, -0.2) is 45.8 Å². The summed E-state index contributed by atoms with van der Waals surface area (Å²) in [5, 5.41) is 12.3. The van der Waals surface area contributed by atoms with Crippen molar-refractivity contribution in [1.82, 2.24) is 25.8 Å². The van der Waals surface area contributed by atoms with E-state index in [2.05, 4.69) is 25.8 Å². The molecule has 0 aliphatic heterocycles. The highest BCUT2D eigenvalue weighted by molar-refractivity contribution is 7.99. The van der Waals surface area contributed by atoms with Crippen LogP contribution < -0.4 is 10.6 Å². The molecule has 1 aromatic heterocycles. The molecule has 0 aliphatic rings. The fraction of sp³-hybridized carbons (Fsp3) is 0.286. The van der Waals surface area contributed by atoms with Crippen molar-refractivity contribution in [1.29, 1.82) is 0 Å². The number of nitrogens with zero attached hydrogens (tertiary/aromatic N) is 2. The highest BCUT2D eigenvalue weighted by Gasteiger charge is 2.10. The molecule has 0 unspecified atom stereocenters. The summed E-state index contributed by atoms with van der Waals surface area (Å²) in [5.74, 6) is -0.643. The van der Waals surface area contributed by atoms with Crippen LogP contribution in [0, 0.1) is 5.82 Å². The van der Waals surface area contributed by atoms with Gasteiger partial charge in [-0.1, -0.05) is 23.9 Å². The summed E-state index contributed by atoms with van der Waals surface area (Å²) >= 11 is 1.44. The normalized spacial score (nSPS) is 10.3. The van der Waals surface area contributed by atoms with Crippen LogP contribution in [0.5, 0.6) is 0 Å². The molecule has 122 valence electrons. The third kappa shape index (κ3) is 5.70. The van der Waals surface area contributed by atoms with Gasteiger partial charge in [0, 0.05) is 25.3 Å². The lowest BCUT2D eigenvalue weighted by atomic mass is 10.2. The molecule has 7 nitrogen and oxygen atoms in total. The van der Waals surface area contributed by atoms with Crippen LogP contribution in [0.2, 0.25) is 0 Å². The van der Waals surface area contributed by atoms with Crippen molar-refractivity contribution in [3.63, 3.8) is 0 Å². The van der Waals surface area contributed by atoms with E-state index < -0.39 is 11.7 Å². The Morgan fingerprint density at radius 3 is 2.78 bits per heavy atom. The van der Waals surface area contributed by atoms with Crippen LogP contribution in [0.4, 0.5) is 4.39 Å². The largest absolute Gasteiger partial charge is 0.355 e. The van der Waals surface area contributed by atoms with Crippen LogP contribution in [0.25, 0.3) is 0 Å². The molecule has 0 aliphatic carbocycles. The second-order valence-corrected chi connectivity index (χ2v) is 5.56. The first kappa shape index (κ1) is 16.9. The summed E-state index contributed by atoms with van der Waals surface area (Å²) in [6.07, 6.45) is 1.55. The second-order valence-electron chi connectivity index (χ2n) is 4.47. The maximum absolute atomic E-state index is 13.4. The van der Waals surface area contributed by atoms with Gasteiger partial charge in [0.05, 0.1) is 5.56 Å². The van der Waals surface area contributed by atoms with Gasteiger partial charge in [0.25, 0.3) is 5.91 Å². The van der Waals surface area contributed by atoms with Gasteiger partial charge in [0.1, 0.15) is 12.1 Å². The first-order valence-electron chi connectivity index (χ1n) is 6.94. The van der Waals surface area contributed by atoms with E-state index in [4.69, 9.17) is 0 Å². The molecule has 0 radical (unpaired) electrons. The minimum Gasteiger partial charge on any atom is -0.355 e. The number of aromatic amines is 1. The fourth-order valence-electron chi connectivity index (χ4n) is 1.72. The number of carbonyl (C=O) groups excluding carboxylic acids is 2. The highest BCUT2D eigenvalue weighted by Crippen LogP contribution is 2.08. The SMILES string of the molecule is O=C(CCNC(=O)c1ccccc1F)NCCSc1ncn[nH]1. The molecule has 2 rings (SSSR count). The lowest BCUT2D eigenvalue weighted by molar-refractivity contribution is -0.120. The highest BCUT2D eigenvalue weighted by atomic mass is 32.2. The van der Waals surface area contributed by atoms with Crippen LogP contribution in [0.1, 0.15) is 16.8 Å². The van der Waals surface area contributed by atoms with Crippen molar-refractivity contribution in [2.24, 2.45) is 0 Å². The van der Waals surface area contributed by atoms with Crippen molar-refractivity contribution in [3.8, 4) is 0 Å². The van der Waals surface area contributed by atoms with Crippen LogP contribution in [-0.2, 0) is 4.79 Å². The average molecular weight is 337 g/mol. The van der Waals surface area contributed by atoms with E-state index >= 15 is 0 Å². The van der Waals surface area contributed by atoms with E-state index in [0.717, 1.165) is 0 Å². The van der Waals surface area contributed by atoms with Gasteiger partial charge in [-0.2, -0.15) is 5.10 Å². The quantitative estimate of drug-likeness (QED) is 0.492. The third-order valence-corrected chi connectivity index (χ3v) is 3.69. The van der Waals surface area contributed by atoms with E-state index in [9.17, 15) is 14.0 Å². The van der Waals surface area contributed by atoms with Gasteiger partial charge in [-0.3, -0.25) is 14.7 Å². The van der Waals surface area contributed by atoms with Gasteiger partial charge in [-0.25, -0.2) is 9.37 Å². The van der Waals surface area contributed by atoms with Gasteiger partial charge >= 0.3 is 0 Å². The number of halogens is 1. The van der Waals surface area contributed by atoms with E-state index in [1.165, 1.54) is 36.3 Å². The molecule has 0 saturated heterocycles. The Morgan fingerprint density at radius 2 is 2.04 bits per heavy atom. The topological polar surface area (TPSA) is 99.8 Å². The Morgan fingerprint density at radius 1 is 1.22 bits per heavy atom. The molecular weight excluding hydrogens is 321 g/mol.